The van der Waals surface area contributed by atoms with E-state index in [1.54, 1.807) is 0 Å². The molecule has 2 N–H and O–H groups in total. The summed E-state index contributed by atoms with van der Waals surface area (Å²) in [6, 6.07) is 4.89. The first-order valence-corrected chi connectivity index (χ1v) is 10.7. The fraction of sp³-hybridized carbons (Fsp3) is 0.609. The first-order valence-electron chi connectivity index (χ1n) is 10.7. The van der Waals surface area contributed by atoms with Gasteiger partial charge < -0.3 is 15.2 Å². The Morgan fingerprint density at radius 3 is 2.61 bits per heavy atom. The molecule has 5 nitrogen and oxygen atoms in total. The summed E-state index contributed by atoms with van der Waals surface area (Å²) in [7, 11) is 2.17. The predicted octanol–water partition coefficient (Wildman–Crippen LogP) is 3.38. The molecule has 2 aromatic rings. The van der Waals surface area contributed by atoms with E-state index in [9.17, 15) is 4.79 Å². The molecule has 1 aliphatic heterocycles. The molecule has 1 aromatic carbocycles. The summed E-state index contributed by atoms with van der Waals surface area (Å²) < 4.78 is 0. The van der Waals surface area contributed by atoms with Gasteiger partial charge in [0.15, 0.2) is 0 Å². The number of likely N-dealkylation sites (N-methyl/N-ethyl adjacent to an activating group) is 1. The lowest BCUT2D eigenvalue weighted by Crippen LogP contribution is -2.48. The molecule has 0 unspecified atom stereocenters. The Labute approximate surface area is 169 Å². The number of hydrogen-bond donors (Lipinski definition) is 2. The number of H-pyrrole nitrogens is 1. The topological polar surface area (TPSA) is 51.4 Å². The van der Waals surface area contributed by atoms with Crippen LogP contribution < -0.4 is 5.32 Å². The van der Waals surface area contributed by atoms with Gasteiger partial charge in [-0.3, -0.25) is 9.69 Å². The number of aromatic nitrogens is 1. The van der Waals surface area contributed by atoms with Gasteiger partial charge in [-0.05, 0) is 57.9 Å². The highest BCUT2D eigenvalue weighted by Gasteiger charge is 2.19. The summed E-state index contributed by atoms with van der Waals surface area (Å²) >= 11 is 0. The normalized spacial score (nSPS) is 17.2. The van der Waals surface area contributed by atoms with Crippen molar-refractivity contribution in [2.45, 2.75) is 59.5 Å². The molecule has 1 atom stereocenters. The average Bonchev–Trinajstić information content (AvgIpc) is 3.00. The van der Waals surface area contributed by atoms with Gasteiger partial charge in [0.2, 0.25) is 5.91 Å². The zero-order valence-corrected chi connectivity index (χ0v) is 18.2. The maximum atomic E-state index is 12.5. The van der Waals surface area contributed by atoms with Crippen LogP contribution in [0.3, 0.4) is 0 Å². The van der Waals surface area contributed by atoms with Crippen LogP contribution in [0, 0.1) is 13.8 Å². The van der Waals surface area contributed by atoms with E-state index >= 15 is 0 Å². The van der Waals surface area contributed by atoms with Crippen molar-refractivity contribution < 1.29 is 4.79 Å². The van der Waals surface area contributed by atoms with E-state index in [4.69, 9.17) is 0 Å². The quantitative estimate of drug-likeness (QED) is 0.769. The summed E-state index contributed by atoms with van der Waals surface area (Å²) in [5.41, 5.74) is 6.21. The maximum absolute atomic E-state index is 12.5. The third-order valence-electron chi connectivity index (χ3n) is 6.28. The van der Waals surface area contributed by atoms with Gasteiger partial charge in [-0.2, -0.15) is 0 Å². The molecule has 1 saturated heterocycles. The molecule has 154 valence electrons. The maximum Gasteiger partial charge on any atom is 0.220 e. The second-order valence-corrected chi connectivity index (χ2v) is 8.43. The number of piperazine rings is 1. The lowest BCUT2D eigenvalue weighted by Gasteiger charge is -2.36. The standard InChI is InChI=1S/C23H36N4O/c1-6-21-18(4)20-14-16(2)13-19(23(20)25-21)15-24-22(28)8-7-17(3)27-11-9-26(5)10-12-27/h13-14,17,25H,6-12,15H2,1-5H3,(H,24,28)/t17-/m0/s1. The van der Waals surface area contributed by atoms with Crippen LogP contribution >= 0.6 is 0 Å². The molecule has 0 bridgehead atoms. The Bertz CT molecular complexity index is 818. The largest absolute Gasteiger partial charge is 0.358 e. The zero-order chi connectivity index (χ0) is 20.3. The number of hydrogen-bond acceptors (Lipinski definition) is 3. The third kappa shape index (κ3) is 4.76. The predicted molar refractivity (Wildman–Crippen MR) is 117 cm³/mol. The number of rotatable bonds is 7. The van der Waals surface area contributed by atoms with Crippen LogP contribution in [0.4, 0.5) is 0 Å². The van der Waals surface area contributed by atoms with Crippen molar-refractivity contribution in [3.8, 4) is 0 Å². The number of aryl methyl sites for hydroxylation is 3. The highest BCUT2D eigenvalue weighted by molar-refractivity contribution is 5.88. The minimum absolute atomic E-state index is 0.148. The molecule has 1 fully saturated rings. The van der Waals surface area contributed by atoms with Crippen LogP contribution in [0.25, 0.3) is 10.9 Å². The average molecular weight is 385 g/mol. The second-order valence-electron chi connectivity index (χ2n) is 8.43. The molecule has 1 aromatic heterocycles. The SMILES string of the molecule is CCc1[nH]c2c(CNC(=O)CC[C@H](C)N3CCN(C)CC3)cc(C)cc2c1C. The molecule has 5 heteroatoms. The molecule has 28 heavy (non-hydrogen) atoms. The van der Waals surface area contributed by atoms with Crippen LogP contribution in [-0.2, 0) is 17.8 Å². The van der Waals surface area contributed by atoms with Crippen molar-refractivity contribution in [1.82, 2.24) is 20.1 Å². The van der Waals surface area contributed by atoms with Gasteiger partial charge in [-0.1, -0.05) is 18.6 Å². The Balaban J connectivity index is 1.56. The number of aromatic amines is 1. The number of fused-ring (bicyclic) bond motifs is 1. The molecule has 0 radical (unpaired) electrons. The second kappa shape index (κ2) is 9.10. The van der Waals surface area contributed by atoms with Gasteiger partial charge in [-0.15, -0.1) is 0 Å². The first-order chi connectivity index (χ1) is 13.4. The number of nitrogens with one attached hydrogen (secondary N) is 2. The summed E-state index contributed by atoms with van der Waals surface area (Å²) in [6.45, 7) is 13.8. The van der Waals surface area contributed by atoms with Crippen LogP contribution in [0.5, 0.6) is 0 Å². The van der Waals surface area contributed by atoms with Crippen molar-refractivity contribution in [2.24, 2.45) is 0 Å². The van der Waals surface area contributed by atoms with Gasteiger partial charge in [0.1, 0.15) is 0 Å². The highest BCUT2D eigenvalue weighted by atomic mass is 16.1. The zero-order valence-electron chi connectivity index (χ0n) is 18.2. The number of carbonyl (C=O) groups excluding carboxylic acids is 1. The summed E-state index contributed by atoms with van der Waals surface area (Å²) in [6.07, 6.45) is 2.50. The molecule has 2 heterocycles. The van der Waals surface area contributed by atoms with E-state index < -0.39 is 0 Å². The van der Waals surface area contributed by atoms with Crippen molar-refractivity contribution >= 4 is 16.8 Å². The molecule has 1 amide bonds. The van der Waals surface area contributed by atoms with E-state index in [2.05, 4.69) is 67.0 Å². The number of carbonyl (C=O) groups is 1. The van der Waals surface area contributed by atoms with Crippen molar-refractivity contribution in [3.05, 3.63) is 34.5 Å². The Hall–Kier alpha value is -1.85. The van der Waals surface area contributed by atoms with Gasteiger partial charge in [0.05, 0.1) is 5.52 Å². The van der Waals surface area contributed by atoms with Crippen LogP contribution in [0.15, 0.2) is 12.1 Å². The van der Waals surface area contributed by atoms with Crippen molar-refractivity contribution in [3.63, 3.8) is 0 Å². The van der Waals surface area contributed by atoms with E-state index in [1.807, 2.05) is 0 Å². The van der Waals surface area contributed by atoms with E-state index in [-0.39, 0.29) is 5.91 Å². The Kier molecular flexibility index (Phi) is 6.78. The Morgan fingerprint density at radius 2 is 1.93 bits per heavy atom. The van der Waals surface area contributed by atoms with E-state index in [1.165, 1.54) is 33.3 Å². The first kappa shape index (κ1) is 20.9. The van der Waals surface area contributed by atoms with E-state index in [0.717, 1.165) is 39.0 Å². The fourth-order valence-corrected chi connectivity index (χ4v) is 4.27. The van der Waals surface area contributed by atoms with Crippen LogP contribution in [-0.4, -0.2) is 60.0 Å². The summed E-state index contributed by atoms with van der Waals surface area (Å²) in [5, 5.41) is 4.43. The van der Waals surface area contributed by atoms with Gasteiger partial charge in [0, 0.05) is 56.3 Å². The van der Waals surface area contributed by atoms with Crippen LogP contribution in [0.2, 0.25) is 0 Å². The third-order valence-corrected chi connectivity index (χ3v) is 6.28. The molecular weight excluding hydrogens is 348 g/mol. The minimum Gasteiger partial charge on any atom is -0.358 e. The van der Waals surface area contributed by atoms with Gasteiger partial charge in [0.25, 0.3) is 0 Å². The van der Waals surface area contributed by atoms with E-state index in [0.29, 0.717) is 19.0 Å². The molecule has 1 aliphatic rings. The molecular formula is C23H36N4O. The van der Waals surface area contributed by atoms with Gasteiger partial charge in [-0.25, -0.2) is 0 Å². The fourth-order valence-electron chi connectivity index (χ4n) is 4.27. The highest BCUT2D eigenvalue weighted by Crippen LogP contribution is 2.26. The number of nitrogens with zero attached hydrogens (tertiary/aromatic N) is 2. The molecule has 0 spiro atoms. The van der Waals surface area contributed by atoms with Crippen molar-refractivity contribution in [1.29, 1.82) is 0 Å². The number of amides is 1. The monoisotopic (exact) mass is 384 g/mol. The number of benzene rings is 1. The van der Waals surface area contributed by atoms with Crippen LogP contribution in [0.1, 0.15) is 49.1 Å². The molecule has 3 rings (SSSR count). The lowest BCUT2D eigenvalue weighted by atomic mass is 10.0. The minimum atomic E-state index is 0.148. The molecule has 0 saturated carbocycles. The lowest BCUT2D eigenvalue weighted by molar-refractivity contribution is -0.121. The molecule has 0 aliphatic carbocycles. The summed E-state index contributed by atoms with van der Waals surface area (Å²) in [5.74, 6) is 0.148. The summed E-state index contributed by atoms with van der Waals surface area (Å²) in [4.78, 5) is 20.9. The smallest absolute Gasteiger partial charge is 0.220 e. The Morgan fingerprint density at radius 1 is 1.21 bits per heavy atom. The van der Waals surface area contributed by atoms with Crippen molar-refractivity contribution in [2.75, 3.05) is 33.2 Å². The van der Waals surface area contributed by atoms with Gasteiger partial charge >= 0.3 is 0 Å².